The molecule has 414 valence electrons. The van der Waals surface area contributed by atoms with Crippen LogP contribution in [0.15, 0.2) is 97.6 Å². The molecule has 2 aromatic carbocycles. The van der Waals surface area contributed by atoms with Crippen molar-refractivity contribution >= 4 is 81.3 Å². The third-order valence-corrected chi connectivity index (χ3v) is 10.6. The summed E-state index contributed by atoms with van der Waals surface area (Å²) in [5, 5.41) is 2.88. The molecule has 22 heteroatoms. The molecule has 6 aromatic rings. The van der Waals surface area contributed by atoms with Crippen LogP contribution >= 0.6 is 37.7 Å². The van der Waals surface area contributed by atoms with E-state index in [4.69, 9.17) is 37.7 Å². The number of fused-ring (bicyclic) bond motifs is 6. The first kappa shape index (κ1) is 70.3. The van der Waals surface area contributed by atoms with Gasteiger partial charge in [-0.25, -0.2) is 0 Å². The van der Waals surface area contributed by atoms with Crippen molar-refractivity contribution in [3.05, 3.63) is 135 Å². The first-order valence-corrected chi connectivity index (χ1v) is 32.9. The third kappa shape index (κ3) is 27.2. The Hall–Kier alpha value is -2.74. The van der Waals surface area contributed by atoms with Crippen LogP contribution in [0.5, 0.6) is 0 Å². The molecule has 0 radical (unpaired) electrons. The average molecular weight is 1490 g/mol. The predicted octanol–water partition coefficient (Wildman–Crippen LogP) is 20.1. The van der Waals surface area contributed by atoms with Crippen LogP contribution in [0.1, 0.15) is 107 Å². The van der Waals surface area contributed by atoms with Gasteiger partial charge in [0, 0.05) is 72.0 Å². The Morgan fingerprint density at radius 3 is 0.740 bits per heavy atom. The summed E-state index contributed by atoms with van der Waals surface area (Å²) >= 11 is -0.944. The van der Waals surface area contributed by atoms with Crippen LogP contribution in [0.25, 0.3) is 43.6 Å². The minimum atomic E-state index is -4.19. The zero-order valence-electron chi connectivity index (χ0n) is 39.0. The summed E-state index contributed by atoms with van der Waals surface area (Å²) in [6.07, 6.45) is 0.881. The molecule has 0 aliphatic heterocycles. The van der Waals surface area contributed by atoms with Crippen molar-refractivity contribution in [2.45, 2.75) is 135 Å². The Balaban J connectivity index is 0.00000109. The quantitative estimate of drug-likeness (QED) is 0.0530. The van der Waals surface area contributed by atoms with E-state index in [1.807, 2.05) is 0 Å². The zero-order chi connectivity index (χ0) is 51.8. The number of benzene rings is 2. The molecule has 1 aliphatic rings. The van der Waals surface area contributed by atoms with Gasteiger partial charge >= 0.3 is 95.3 Å². The van der Waals surface area contributed by atoms with Gasteiger partial charge in [0.15, 0.2) is 0 Å². The van der Waals surface area contributed by atoms with Crippen LogP contribution in [-0.2, 0) is 58.6 Å². The van der Waals surface area contributed by atoms with E-state index in [1.54, 1.807) is 48.5 Å². The maximum atomic E-state index is 12.4. The van der Waals surface area contributed by atoms with Gasteiger partial charge in [0.05, 0.1) is 22.1 Å². The second-order valence-electron chi connectivity index (χ2n) is 15.7. The van der Waals surface area contributed by atoms with Crippen molar-refractivity contribution < 1.29 is 85.6 Å². The number of nitrogens with zero attached hydrogens (tertiary/aromatic N) is 4. The van der Waals surface area contributed by atoms with Crippen LogP contribution < -0.4 is 0 Å². The first-order valence-electron chi connectivity index (χ1n) is 21.6. The normalized spacial score (nSPS) is 13.0. The monoisotopic (exact) mass is 1480 g/mol. The summed E-state index contributed by atoms with van der Waals surface area (Å²) in [5.41, 5.74) is 5.22. The number of aromatic nitrogens is 4. The summed E-state index contributed by atoms with van der Waals surface area (Å²) in [5.74, 6) is 0. The van der Waals surface area contributed by atoms with E-state index in [0.29, 0.717) is 22.1 Å². The van der Waals surface area contributed by atoms with Crippen molar-refractivity contribution in [3.8, 4) is 0 Å². The number of pyridine rings is 4. The Labute approximate surface area is 453 Å². The molecule has 1 aliphatic carbocycles. The number of hydrogen-bond donors (Lipinski definition) is 0. The summed E-state index contributed by atoms with van der Waals surface area (Å²) in [4.78, 5) is 17.3. The van der Waals surface area contributed by atoms with Crippen LogP contribution in [0, 0.1) is 14.9 Å². The second kappa shape index (κ2) is 35.6. The molecule has 0 N–H and O–H groups in total. The van der Waals surface area contributed by atoms with Crippen molar-refractivity contribution in [2.75, 3.05) is 0 Å². The van der Waals surface area contributed by atoms with Crippen molar-refractivity contribution in [3.63, 3.8) is 0 Å². The molecule has 0 saturated carbocycles. The van der Waals surface area contributed by atoms with E-state index in [9.17, 15) is 52.7 Å². The second-order valence-corrected chi connectivity index (χ2v) is 22.2. The molecular formula is C51H58Cl4F12N4Pt2. The van der Waals surface area contributed by atoms with Gasteiger partial charge in [-0.2, -0.15) is 52.7 Å². The van der Waals surface area contributed by atoms with Gasteiger partial charge in [-0.05, 0) is 124 Å². The average Bonchev–Trinajstić information content (AvgIpc) is 3.26. The third-order valence-electron chi connectivity index (χ3n) is 10.6. The fourth-order valence-corrected chi connectivity index (χ4v) is 7.53. The van der Waals surface area contributed by atoms with Gasteiger partial charge in [0.25, 0.3) is 0 Å². The molecule has 0 unspecified atom stereocenters. The van der Waals surface area contributed by atoms with Gasteiger partial charge in [0.2, 0.25) is 0 Å². The molecular weight excluding hydrogens is 1430 g/mol. The first-order chi connectivity index (χ1) is 33.1. The van der Waals surface area contributed by atoms with Crippen LogP contribution in [-0.4, -0.2) is 44.6 Å². The number of aryl methyl sites for hydroxylation is 4. The Morgan fingerprint density at radius 2 is 0.575 bits per heavy atom. The number of hydrogen-bond acceptors (Lipinski definition) is 4. The van der Waals surface area contributed by atoms with Crippen LogP contribution in [0.4, 0.5) is 52.7 Å². The van der Waals surface area contributed by atoms with Gasteiger partial charge < -0.3 is 14.9 Å². The van der Waals surface area contributed by atoms with E-state index < -0.39 is 83.4 Å². The molecule has 4 heterocycles. The van der Waals surface area contributed by atoms with Gasteiger partial charge in [0.1, 0.15) is 0 Å². The number of rotatable bonds is 12. The Bertz CT molecular complexity index is 2210. The number of halogens is 16. The van der Waals surface area contributed by atoms with Crippen molar-refractivity contribution in [2.24, 2.45) is 0 Å². The van der Waals surface area contributed by atoms with Gasteiger partial charge in [-0.1, -0.05) is 56.0 Å². The maximum absolute atomic E-state index is 12.4. The molecule has 73 heavy (non-hydrogen) atoms. The van der Waals surface area contributed by atoms with Crippen LogP contribution in [0.2, 0.25) is 0 Å². The van der Waals surface area contributed by atoms with E-state index >= 15 is 0 Å². The summed E-state index contributed by atoms with van der Waals surface area (Å²) in [6, 6.07) is 13.8. The molecule has 0 bridgehead atoms. The SMILES string of the molecule is C.C1=CCC/C=C\CC1.FC(F)(F)CCCc1ccnc2c1ccc1c(CCCC(F)(F)F)ccnc12.FC(F)(F)CCCc1ccnc2c1ccc1c(CCCC(F)(F)F)ccnc12.[CH3-].[CH3-].[Cl][Pt+2][Cl].[Cl][Pt][Cl]. The minimum absolute atomic E-state index is 0. The molecule has 0 atom stereocenters. The van der Waals surface area contributed by atoms with Crippen molar-refractivity contribution in [1.82, 2.24) is 19.9 Å². The summed E-state index contributed by atoms with van der Waals surface area (Å²) < 4.78 is 149. The summed E-state index contributed by atoms with van der Waals surface area (Å²) in [7, 11) is 19.5. The van der Waals surface area contributed by atoms with Gasteiger partial charge in [-0.15, -0.1) is 0 Å². The van der Waals surface area contributed by atoms with E-state index in [-0.39, 0.29) is 73.6 Å². The fraction of sp³-hybridized carbons (Fsp3) is 0.412. The van der Waals surface area contributed by atoms with Gasteiger partial charge in [-0.3, -0.25) is 19.9 Å². The fourth-order valence-electron chi connectivity index (χ4n) is 7.53. The standard InChI is InChI=1S/2C20H18F6N2.C8H12.CH4.2CH3.4ClH.2Pt/c2*21-19(22,23)9-1-3-13-7-11-27-17-15(13)5-6-16-14(8-12-28-18(16)17)4-2-10-20(24,25)26;1-2-4-6-8-7-5-3-1;;;;;;;;;/h2*5-8,11-12H,1-4,9-10H2;1-2,7-8H,3-6H2;1H4;2*1H3;4*1H;;/q;;;;2*-1;;;;;+2;+4/p-4/b;;2-1-,8-7?;;;;;;;;;. The molecule has 7 rings (SSSR count). The topological polar surface area (TPSA) is 51.6 Å². The number of alkyl halides is 12. The van der Waals surface area contributed by atoms with E-state index in [1.165, 1.54) is 50.5 Å². The molecule has 0 fully saturated rings. The Kier molecular flexibility index (Phi) is 34.2. The van der Waals surface area contributed by atoms with Crippen LogP contribution in [0.3, 0.4) is 0 Å². The predicted molar refractivity (Wildman–Crippen MR) is 270 cm³/mol. The van der Waals surface area contributed by atoms with E-state index in [2.05, 4.69) is 44.2 Å². The van der Waals surface area contributed by atoms with E-state index in [0.717, 1.165) is 43.8 Å². The van der Waals surface area contributed by atoms with Crippen molar-refractivity contribution in [1.29, 1.82) is 0 Å². The molecule has 0 spiro atoms. The number of allylic oxidation sites excluding steroid dienone is 4. The molecule has 0 amide bonds. The molecule has 0 saturated heterocycles. The molecule has 4 aromatic heterocycles. The Morgan fingerprint density at radius 1 is 0.397 bits per heavy atom. The molecule has 4 nitrogen and oxygen atoms in total. The summed E-state index contributed by atoms with van der Waals surface area (Å²) in [6.45, 7) is 0. The zero-order valence-corrected chi connectivity index (χ0v) is 46.6.